The standard InChI is InChI=1S/C12H18N6O2S/c1-8-14-11(21-16-8)18-6-4-17(5-7-18)9(19)12(2-3-12)15-10(13)20/h2-7H2,1H3,(H3,13,15,20). The zero-order valence-electron chi connectivity index (χ0n) is 11.8. The van der Waals surface area contributed by atoms with Gasteiger partial charge >= 0.3 is 6.03 Å². The van der Waals surface area contributed by atoms with E-state index in [4.69, 9.17) is 5.73 Å². The number of hydrogen-bond acceptors (Lipinski definition) is 6. The molecule has 0 aromatic carbocycles. The number of piperazine rings is 1. The number of amides is 3. The van der Waals surface area contributed by atoms with Crippen molar-refractivity contribution in [1.29, 1.82) is 0 Å². The molecule has 1 aromatic rings. The molecule has 0 unspecified atom stereocenters. The number of nitrogens with one attached hydrogen (secondary N) is 1. The average molecular weight is 310 g/mol. The van der Waals surface area contributed by atoms with Gasteiger partial charge in [0, 0.05) is 37.7 Å². The number of nitrogens with zero attached hydrogens (tertiary/aromatic N) is 4. The van der Waals surface area contributed by atoms with Crippen LogP contribution in [0.5, 0.6) is 0 Å². The summed E-state index contributed by atoms with van der Waals surface area (Å²) < 4.78 is 4.17. The van der Waals surface area contributed by atoms with Crippen LogP contribution in [0.15, 0.2) is 0 Å². The molecule has 1 aliphatic carbocycles. The van der Waals surface area contributed by atoms with E-state index in [1.54, 1.807) is 4.90 Å². The maximum absolute atomic E-state index is 12.5. The molecule has 1 aromatic heterocycles. The first-order chi connectivity index (χ1) is 10.00. The molecule has 114 valence electrons. The van der Waals surface area contributed by atoms with Gasteiger partial charge in [0.1, 0.15) is 11.4 Å². The van der Waals surface area contributed by atoms with Crippen molar-refractivity contribution in [2.45, 2.75) is 25.3 Å². The molecule has 2 heterocycles. The van der Waals surface area contributed by atoms with Gasteiger partial charge in [0.25, 0.3) is 0 Å². The Balaban J connectivity index is 1.58. The fourth-order valence-electron chi connectivity index (χ4n) is 2.57. The summed E-state index contributed by atoms with van der Waals surface area (Å²) in [6, 6.07) is -0.635. The SMILES string of the molecule is Cc1nsc(N2CCN(C(=O)C3(NC(N)=O)CC3)CC2)n1. The van der Waals surface area contributed by atoms with Gasteiger partial charge in [-0.25, -0.2) is 9.78 Å². The molecule has 2 fully saturated rings. The molecule has 0 spiro atoms. The lowest BCUT2D eigenvalue weighted by molar-refractivity contribution is -0.134. The van der Waals surface area contributed by atoms with Crippen molar-refractivity contribution in [3.63, 3.8) is 0 Å². The summed E-state index contributed by atoms with van der Waals surface area (Å²) in [5, 5.41) is 3.49. The number of urea groups is 1. The van der Waals surface area contributed by atoms with Crippen molar-refractivity contribution < 1.29 is 9.59 Å². The number of anilines is 1. The molecular formula is C12H18N6O2S. The van der Waals surface area contributed by atoms with Crippen molar-refractivity contribution >= 4 is 28.6 Å². The molecule has 21 heavy (non-hydrogen) atoms. The van der Waals surface area contributed by atoms with E-state index in [-0.39, 0.29) is 5.91 Å². The van der Waals surface area contributed by atoms with Gasteiger partial charge in [-0.05, 0) is 19.8 Å². The highest BCUT2D eigenvalue weighted by molar-refractivity contribution is 7.09. The van der Waals surface area contributed by atoms with Gasteiger partial charge in [0.2, 0.25) is 11.0 Å². The first-order valence-corrected chi connectivity index (χ1v) is 7.70. The first kappa shape index (κ1) is 14.1. The van der Waals surface area contributed by atoms with Crippen molar-refractivity contribution in [1.82, 2.24) is 19.6 Å². The maximum atomic E-state index is 12.5. The highest BCUT2D eigenvalue weighted by Crippen LogP contribution is 2.37. The van der Waals surface area contributed by atoms with Crippen LogP contribution in [0.1, 0.15) is 18.7 Å². The Bertz CT molecular complexity index is 562. The summed E-state index contributed by atoms with van der Waals surface area (Å²) in [5.74, 6) is 0.755. The minimum atomic E-state index is -0.743. The molecule has 8 nitrogen and oxygen atoms in total. The van der Waals surface area contributed by atoms with Crippen LogP contribution in [0.3, 0.4) is 0 Å². The van der Waals surface area contributed by atoms with E-state index in [0.717, 1.165) is 24.0 Å². The predicted molar refractivity (Wildman–Crippen MR) is 78.1 cm³/mol. The van der Waals surface area contributed by atoms with E-state index < -0.39 is 11.6 Å². The Morgan fingerprint density at radius 1 is 1.29 bits per heavy atom. The highest BCUT2D eigenvalue weighted by Gasteiger charge is 2.53. The van der Waals surface area contributed by atoms with Gasteiger partial charge in [0.05, 0.1) is 0 Å². The number of carbonyl (C=O) groups is 2. The largest absolute Gasteiger partial charge is 0.352 e. The molecule has 0 atom stereocenters. The third kappa shape index (κ3) is 2.78. The maximum Gasteiger partial charge on any atom is 0.313 e. The number of aromatic nitrogens is 2. The normalized spacial score (nSPS) is 20.2. The topological polar surface area (TPSA) is 104 Å². The summed E-state index contributed by atoms with van der Waals surface area (Å²) in [4.78, 5) is 31.8. The quantitative estimate of drug-likeness (QED) is 0.797. The van der Waals surface area contributed by atoms with E-state index in [9.17, 15) is 9.59 Å². The molecule has 2 aliphatic rings. The molecule has 1 saturated heterocycles. The predicted octanol–water partition coefficient (Wildman–Crippen LogP) is -0.304. The second-order valence-electron chi connectivity index (χ2n) is 5.47. The van der Waals surface area contributed by atoms with Crippen LogP contribution in [-0.4, -0.2) is 57.9 Å². The summed E-state index contributed by atoms with van der Waals surface area (Å²) >= 11 is 1.38. The van der Waals surface area contributed by atoms with Crippen LogP contribution in [0, 0.1) is 6.92 Å². The lowest BCUT2D eigenvalue weighted by Gasteiger charge is -2.36. The van der Waals surface area contributed by atoms with Crippen LogP contribution in [0.2, 0.25) is 0 Å². The van der Waals surface area contributed by atoms with Crippen molar-refractivity contribution in [2.75, 3.05) is 31.1 Å². The van der Waals surface area contributed by atoms with Crippen LogP contribution in [0.4, 0.5) is 9.93 Å². The van der Waals surface area contributed by atoms with E-state index in [1.165, 1.54) is 11.5 Å². The fraction of sp³-hybridized carbons (Fsp3) is 0.667. The highest BCUT2D eigenvalue weighted by atomic mass is 32.1. The molecule has 9 heteroatoms. The van der Waals surface area contributed by atoms with Gasteiger partial charge in [-0.15, -0.1) is 0 Å². The van der Waals surface area contributed by atoms with Crippen LogP contribution >= 0.6 is 11.5 Å². The van der Waals surface area contributed by atoms with E-state index in [2.05, 4.69) is 19.6 Å². The van der Waals surface area contributed by atoms with Crippen molar-refractivity contribution in [3.8, 4) is 0 Å². The van der Waals surface area contributed by atoms with Gasteiger partial charge < -0.3 is 20.9 Å². The van der Waals surface area contributed by atoms with Crippen LogP contribution < -0.4 is 16.0 Å². The Hall–Kier alpha value is -1.90. The number of aryl methyl sites for hydroxylation is 1. The number of rotatable bonds is 3. The van der Waals surface area contributed by atoms with Crippen molar-refractivity contribution in [3.05, 3.63) is 5.82 Å². The molecule has 0 radical (unpaired) electrons. The Labute approximate surface area is 126 Å². The third-order valence-electron chi connectivity index (χ3n) is 3.88. The Morgan fingerprint density at radius 3 is 2.43 bits per heavy atom. The molecule has 3 amide bonds. The average Bonchev–Trinajstić information content (AvgIpc) is 3.10. The molecular weight excluding hydrogens is 292 g/mol. The number of primary amides is 1. The minimum Gasteiger partial charge on any atom is -0.352 e. The number of nitrogens with two attached hydrogens (primary N) is 1. The van der Waals surface area contributed by atoms with Crippen LogP contribution in [0.25, 0.3) is 0 Å². The van der Waals surface area contributed by atoms with Gasteiger partial charge in [-0.3, -0.25) is 4.79 Å². The number of carbonyl (C=O) groups excluding carboxylic acids is 2. The summed E-state index contributed by atoms with van der Waals surface area (Å²) in [5.41, 5.74) is 4.40. The molecule has 0 bridgehead atoms. The summed E-state index contributed by atoms with van der Waals surface area (Å²) in [6.07, 6.45) is 1.34. The van der Waals surface area contributed by atoms with E-state index in [0.29, 0.717) is 25.9 Å². The summed E-state index contributed by atoms with van der Waals surface area (Å²) in [6.45, 7) is 4.57. The first-order valence-electron chi connectivity index (χ1n) is 6.92. The van der Waals surface area contributed by atoms with Crippen LogP contribution in [-0.2, 0) is 4.79 Å². The molecule has 1 aliphatic heterocycles. The lowest BCUT2D eigenvalue weighted by atomic mass is 10.2. The van der Waals surface area contributed by atoms with Gasteiger partial charge in [-0.1, -0.05) is 0 Å². The Kier molecular flexibility index (Phi) is 3.44. The second-order valence-corrected chi connectivity index (χ2v) is 6.21. The minimum absolute atomic E-state index is 0.0191. The zero-order chi connectivity index (χ0) is 15.0. The molecule has 1 saturated carbocycles. The van der Waals surface area contributed by atoms with E-state index in [1.807, 2.05) is 6.92 Å². The number of hydrogen-bond donors (Lipinski definition) is 2. The second kappa shape index (κ2) is 5.14. The monoisotopic (exact) mass is 310 g/mol. The Morgan fingerprint density at radius 2 is 1.95 bits per heavy atom. The van der Waals surface area contributed by atoms with Crippen molar-refractivity contribution in [2.24, 2.45) is 5.73 Å². The molecule has 3 N–H and O–H groups in total. The molecule has 3 rings (SSSR count). The third-order valence-corrected chi connectivity index (χ3v) is 4.74. The lowest BCUT2D eigenvalue weighted by Crippen LogP contribution is -2.57. The smallest absolute Gasteiger partial charge is 0.313 e. The van der Waals surface area contributed by atoms with Gasteiger partial charge in [-0.2, -0.15) is 4.37 Å². The fourth-order valence-corrected chi connectivity index (χ4v) is 3.30. The summed E-state index contributed by atoms with van der Waals surface area (Å²) in [7, 11) is 0. The zero-order valence-corrected chi connectivity index (χ0v) is 12.7. The van der Waals surface area contributed by atoms with E-state index >= 15 is 0 Å². The van der Waals surface area contributed by atoms with Gasteiger partial charge in [0.15, 0.2) is 0 Å².